The van der Waals surface area contributed by atoms with Gasteiger partial charge < -0.3 is 15.4 Å². The van der Waals surface area contributed by atoms with Crippen LogP contribution in [0.15, 0.2) is 18.2 Å². The van der Waals surface area contributed by atoms with Crippen LogP contribution in [0.25, 0.3) is 0 Å². The van der Waals surface area contributed by atoms with Gasteiger partial charge in [0.05, 0.1) is 16.5 Å². The van der Waals surface area contributed by atoms with E-state index in [0.29, 0.717) is 42.6 Å². The van der Waals surface area contributed by atoms with E-state index in [1.165, 1.54) is 4.31 Å². The van der Waals surface area contributed by atoms with Crippen molar-refractivity contribution in [3.05, 3.63) is 23.2 Å². The number of urea groups is 1. The molecule has 0 aromatic heterocycles. The van der Waals surface area contributed by atoms with E-state index in [0.717, 1.165) is 19.3 Å². The first kappa shape index (κ1) is 18.3. The first-order valence-electron chi connectivity index (χ1n) is 8.41. The fraction of sp³-hybridized carbons (Fsp3) is 0.562. The van der Waals surface area contributed by atoms with E-state index in [4.69, 9.17) is 16.3 Å². The Hall–Kier alpha value is -1.51. The van der Waals surface area contributed by atoms with Crippen LogP contribution in [0.1, 0.15) is 25.7 Å². The minimum Gasteiger partial charge on any atom is -0.381 e. The highest BCUT2D eigenvalue weighted by Crippen LogP contribution is 2.32. The van der Waals surface area contributed by atoms with Gasteiger partial charge in [0.1, 0.15) is 0 Å². The summed E-state index contributed by atoms with van der Waals surface area (Å²) in [7, 11) is -3.32. The van der Waals surface area contributed by atoms with Gasteiger partial charge in [-0.05, 0) is 43.9 Å². The number of nitrogens with zero attached hydrogens (tertiary/aromatic N) is 1. The van der Waals surface area contributed by atoms with Gasteiger partial charge >= 0.3 is 6.03 Å². The predicted molar refractivity (Wildman–Crippen MR) is 97.8 cm³/mol. The molecule has 2 heterocycles. The second-order valence-electron chi connectivity index (χ2n) is 6.25. The van der Waals surface area contributed by atoms with Crippen molar-refractivity contribution in [2.45, 2.75) is 31.7 Å². The topological polar surface area (TPSA) is 87.7 Å². The fourth-order valence-electron chi connectivity index (χ4n) is 3.04. The predicted octanol–water partition coefficient (Wildman–Crippen LogP) is 2.57. The second kappa shape index (κ2) is 7.80. The molecule has 2 fully saturated rings. The summed E-state index contributed by atoms with van der Waals surface area (Å²) < 4.78 is 31.0. The van der Waals surface area contributed by atoms with Gasteiger partial charge in [0.2, 0.25) is 10.0 Å². The molecule has 1 aromatic rings. The number of amides is 2. The van der Waals surface area contributed by atoms with Gasteiger partial charge in [-0.25, -0.2) is 13.2 Å². The highest BCUT2D eigenvalue weighted by Gasteiger charge is 2.27. The van der Waals surface area contributed by atoms with Crippen molar-refractivity contribution in [3.63, 3.8) is 0 Å². The summed E-state index contributed by atoms with van der Waals surface area (Å²) in [5, 5.41) is 5.94. The minimum atomic E-state index is -3.32. The lowest BCUT2D eigenvalue weighted by atomic mass is 10.1. The average Bonchev–Trinajstić information content (AvgIpc) is 2.56. The molecule has 0 atom stereocenters. The van der Waals surface area contributed by atoms with Crippen molar-refractivity contribution in [2.75, 3.05) is 35.1 Å². The molecule has 2 aliphatic heterocycles. The number of sulfonamides is 1. The molecule has 25 heavy (non-hydrogen) atoms. The number of carbonyl (C=O) groups excluding carboxylic acids is 1. The van der Waals surface area contributed by atoms with E-state index < -0.39 is 10.0 Å². The normalized spacial score (nSPS) is 20.9. The summed E-state index contributed by atoms with van der Waals surface area (Å²) in [4.78, 5) is 12.1. The zero-order valence-electron chi connectivity index (χ0n) is 13.8. The molecule has 2 aliphatic rings. The number of hydrogen-bond acceptors (Lipinski definition) is 4. The molecule has 0 aliphatic carbocycles. The molecule has 7 nitrogen and oxygen atoms in total. The second-order valence-corrected chi connectivity index (χ2v) is 8.67. The molecule has 0 spiro atoms. The zero-order valence-corrected chi connectivity index (χ0v) is 15.4. The first-order chi connectivity index (χ1) is 12.0. The van der Waals surface area contributed by atoms with Crippen LogP contribution >= 0.6 is 11.6 Å². The third-order valence-electron chi connectivity index (χ3n) is 4.38. The van der Waals surface area contributed by atoms with Gasteiger partial charge in [-0.2, -0.15) is 0 Å². The largest absolute Gasteiger partial charge is 0.381 e. The number of carbonyl (C=O) groups is 1. The number of nitrogens with one attached hydrogen (secondary N) is 2. The lowest BCUT2D eigenvalue weighted by molar-refractivity contribution is 0.0806. The van der Waals surface area contributed by atoms with Gasteiger partial charge in [0, 0.05) is 31.5 Å². The number of benzene rings is 1. The molecule has 0 radical (unpaired) electrons. The van der Waals surface area contributed by atoms with E-state index in [1.807, 2.05) is 0 Å². The smallest absolute Gasteiger partial charge is 0.319 e. The van der Waals surface area contributed by atoms with Gasteiger partial charge in [0.25, 0.3) is 0 Å². The van der Waals surface area contributed by atoms with Crippen LogP contribution in [-0.2, 0) is 14.8 Å². The van der Waals surface area contributed by atoms with E-state index in [-0.39, 0.29) is 17.8 Å². The third-order valence-corrected chi connectivity index (χ3v) is 6.54. The number of hydrogen-bond donors (Lipinski definition) is 2. The van der Waals surface area contributed by atoms with Crippen molar-refractivity contribution in [1.82, 2.24) is 5.32 Å². The maximum atomic E-state index is 12.2. The molecular formula is C16H22ClN3O4S. The van der Waals surface area contributed by atoms with Gasteiger partial charge in [-0.1, -0.05) is 11.6 Å². The van der Waals surface area contributed by atoms with Crippen molar-refractivity contribution < 1.29 is 17.9 Å². The van der Waals surface area contributed by atoms with Crippen LogP contribution in [0.4, 0.5) is 16.2 Å². The van der Waals surface area contributed by atoms with Crippen LogP contribution in [0.5, 0.6) is 0 Å². The van der Waals surface area contributed by atoms with Crippen molar-refractivity contribution in [1.29, 1.82) is 0 Å². The molecule has 3 rings (SSSR count). The third kappa shape index (κ3) is 4.56. The molecule has 9 heteroatoms. The summed E-state index contributed by atoms with van der Waals surface area (Å²) in [6, 6.07) is 4.66. The lowest BCUT2D eigenvalue weighted by Gasteiger charge is -2.29. The van der Waals surface area contributed by atoms with Gasteiger partial charge in [-0.3, -0.25) is 4.31 Å². The van der Waals surface area contributed by atoms with Crippen molar-refractivity contribution in [2.24, 2.45) is 0 Å². The molecule has 0 unspecified atom stereocenters. The highest BCUT2D eigenvalue weighted by atomic mass is 35.5. The monoisotopic (exact) mass is 387 g/mol. The Morgan fingerprint density at radius 1 is 1.24 bits per heavy atom. The van der Waals surface area contributed by atoms with Crippen LogP contribution in [-0.4, -0.2) is 46.0 Å². The first-order valence-corrected chi connectivity index (χ1v) is 10.4. The van der Waals surface area contributed by atoms with E-state index >= 15 is 0 Å². The Kier molecular flexibility index (Phi) is 5.71. The SMILES string of the molecule is O=C(Nc1ccc(N2CCCCS2(=O)=O)c(Cl)c1)NC1CCOCC1. The Balaban J connectivity index is 1.66. The molecule has 1 aromatic carbocycles. The summed E-state index contributed by atoms with van der Waals surface area (Å²) in [6.07, 6.45) is 3.06. The highest BCUT2D eigenvalue weighted by molar-refractivity contribution is 7.92. The number of rotatable bonds is 3. The molecule has 0 bridgehead atoms. The Morgan fingerprint density at radius 2 is 2.00 bits per heavy atom. The summed E-state index contributed by atoms with van der Waals surface area (Å²) >= 11 is 6.27. The lowest BCUT2D eigenvalue weighted by Crippen LogP contribution is -2.41. The van der Waals surface area contributed by atoms with Crippen molar-refractivity contribution >= 4 is 39.0 Å². The maximum Gasteiger partial charge on any atom is 0.319 e. The minimum absolute atomic E-state index is 0.0991. The zero-order chi connectivity index (χ0) is 17.9. The van der Waals surface area contributed by atoms with E-state index in [9.17, 15) is 13.2 Å². The Bertz CT molecular complexity index is 735. The quantitative estimate of drug-likeness (QED) is 0.834. The van der Waals surface area contributed by atoms with E-state index in [2.05, 4.69) is 10.6 Å². The van der Waals surface area contributed by atoms with Crippen LogP contribution in [0.3, 0.4) is 0 Å². The van der Waals surface area contributed by atoms with Crippen LogP contribution in [0.2, 0.25) is 5.02 Å². The molecule has 0 saturated carbocycles. The number of anilines is 2. The standard InChI is InChI=1S/C16H22ClN3O4S/c17-14-11-13(19-16(21)18-12-5-8-24-9-6-12)3-4-15(14)20-7-1-2-10-25(20,22)23/h3-4,11-12H,1-2,5-10H2,(H2,18,19,21). The van der Waals surface area contributed by atoms with E-state index in [1.54, 1.807) is 18.2 Å². The van der Waals surface area contributed by atoms with Crippen LogP contribution < -0.4 is 14.9 Å². The molecular weight excluding hydrogens is 366 g/mol. The Labute approximate surface area is 152 Å². The molecule has 2 N–H and O–H groups in total. The number of halogens is 1. The summed E-state index contributed by atoms with van der Waals surface area (Å²) in [5.74, 6) is 0.136. The molecule has 2 amide bonds. The Morgan fingerprint density at radius 3 is 2.68 bits per heavy atom. The van der Waals surface area contributed by atoms with Crippen LogP contribution in [0, 0.1) is 0 Å². The maximum absolute atomic E-state index is 12.2. The summed E-state index contributed by atoms with van der Waals surface area (Å²) in [6.45, 7) is 1.73. The van der Waals surface area contributed by atoms with Gasteiger partial charge in [0.15, 0.2) is 0 Å². The number of ether oxygens (including phenoxy) is 1. The average molecular weight is 388 g/mol. The summed E-state index contributed by atoms with van der Waals surface area (Å²) in [5.41, 5.74) is 0.976. The fourth-order valence-corrected chi connectivity index (χ4v) is 5.03. The van der Waals surface area contributed by atoms with Crippen molar-refractivity contribution in [3.8, 4) is 0 Å². The molecule has 138 valence electrons. The molecule has 2 saturated heterocycles. The van der Waals surface area contributed by atoms with Gasteiger partial charge in [-0.15, -0.1) is 0 Å².